The molecule has 1 aromatic carbocycles. The molecule has 1 saturated heterocycles. The Morgan fingerprint density at radius 3 is 2.17 bits per heavy atom. The maximum Gasteiger partial charge on any atom is 0.322 e. The number of hydrogen-bond acceptors (Lipinski definition) is 2. The second-order valence-electron chi connectivity index (χ2n) is 4.94. The van der Waals surface area contributed by atoms with Crippen molar-refractivity contribution in [2.45, 2.75) is 38.6 Å². The molecule has 0 radical (unpaired) electrons. The van der Waals surface area contributed by atoms with E-state index in [0.717, 1.165) is 5.56 Å². The first kappa shape index (κ1) is 12.6. The fourth-order valence-corrected chi connectivity index (χ4v) is 2.30. The predicted octanol–water partition coefficient (Wildman–Crippen LogP) is 2.25. The van der Waals surface area contributed by atoms with Gasteiger partial charge >= 0.3 is 6.03 Å². The van der Waals surface area contributed by atoms with Crippen molar-refractivity contribution < 1.29 is 9.59 Å². The van der Waals surface area contributed by atoms with E-state index in [1.54, 1.807) is 0 Å². The fraction of sp³-hybridized carbons (Fsp3) is 0.429. The molecule has 1 unspecified atom stereocenters. The number of carbonyl (C=O) groups is 2. The summed E-state index contributed by atoms with van der Waals surface area (Å²) in [4.78, 5) is 23.3. The van der Waals surface area contributed by atoms with Crippen LogP contribution in [0.1, 0.15) is 44.2 Å². The van der Waals surface area contributed by atoms with E-state index in [1.165, 1.54) is 5.56 Å². The van der Waals surface area contributed by atoms with E-state index >= 15 is 0 Å². The number of imide groups is 1. The Balaban J connectivity index is 2.39. The molecule has 4 heteroatoms. The number of rotatable bonds is 3. The van der Waals surface area contributed by atoms with E-state index in [-0.39, 0.29) is 5.91 Å². The molecule has 1 aliphatic rings. The van der Waals surface area contributed by atoms with Crippen LogP contribution in [0.25, 0.3) is 0 Å². The third-order valence-electron chi connectivity index (χ3n) is 3.54. The van der Waals surface area contributed by atoms with Crippen LogP contribution in [-0.2, 0) is 10.3 Å². The molecule has 1 aromatic rings. The lowest BCUT2D eigenvalue weighted by Crippen LogP contribution is -2.43. The Morgan fingerprint density at radius 1 is 1.17 bits per heavy atom. The lowest BCUT2D eigenvalue weighted by atomic mass is 9.86. The Hall–Kier alpha value is -1.84. The second-order valence-corrected chi connectivity index (χ2v) is 4.94. The van der Waals surface area contributed by atoms with Crippen LogP contribution in [0.2, 0.25) is 0 Å². The molecular formula is C14H18N2O2. The normalized spacial score (nSPS) is 23.1. The van der Waals surface area contributed by atoms with Gasteiger partial charge in [0.15, 0.2) is 0 Å². The predicted molar refractivity (Wildman–Crippen MR) is 69.2 cm³/mol. The first-order valence-electron chi connectivity index (χ1n) is 6.23. The van der Waals surface area contributed by atoms with Gasteiger partial charge in [-0.2, -0.15) is 0 Å². The molecule has 4 nitrogen and oxygen atoms in total. The molecule has 2 rings (SSSR count). The lowest BCUT2D eigenvalue weighted by Gasteiger charge is -2.25. The summed E-state index contributed by atoms with van der Waals surface area (Å²) in [6.45, 7) is 6.13. The highest BCUT2D eigenvalue weighted by atomic mass is 16.2. The topological polar surface area (TPSA) is 58.2 Å². The first-order valence-corrected chi connectivity index (χ1v) is 6.23. The Bertz CT molecular complexity index is 479. The average molecular weight is 246 g/mol. The minimum absolute atomic E-state index is 0.271. The molecule has 2 N–H and O–H groups in total. The molecule has 3 amide bonds. The molecule has 0 aromatic heterocycles. The van der Waals surface area contributed by atoms with Crippen molar-refractivity contribution in [3.63, 3.8) is 0 Å². The number of urea groups is 1. The fourth-order valence-electron chi connectivity index (χ4n) is 2.30. The van der Waals surface area contributed by atoms with Gasteiger partial charge in [-0.3, -0.25) is 10.1 Å². The van der Waals surface area contributed by atoms with Crippen LogP contribution in [0, 0.1) is 0 Å². The lowest BCUT2D eigenvalue weighted by molar-refractivity contribution is -0.124. The van der Waals surface area contributed by atoms with Crippen molar-refractivity contribution in [2.75, 3.05) is 0 Å². The van der Waals surface area contributed by atoms with E-state index in [9.17, 15) is 9.59 Å². The van der Waals surface area contributed by atoms with Crippen molar-refractivity contribution in [2.24, 2.45) is 0 Å². The maximum absolute atomic E-state index is 12.0. The summed E-state index contributed by atoms with van der Waals surface area (Å²) >= 11 is 0. The third-order valence-corrected chi connectivity index (χ3v) is 3.54. The number of hydrogen-bond donors (Lipinski definition) is 2. The Morgan fingerprint density at radius 2 is 1.78 bits per heavy atom. The highest BCUT2D eigenvalue weighted by Gasteiger charge is 2.46. The van der Waals surface area contributed by atoms with Crippen LogP contribution < -0.4 is 10.6 Å². The SMILES string of the molecule is CCC1(c2ccc(C(C)C)cc2)NC(=O)NC1=O. The summed E-state index contributed by atoms with van der Waals surface area (Å²) in [5, 5.41) is 5.04. The zero-order valence-electron chi connectivity index (χ0n) is 10.9. The largest absolute Gasteiger partial charge is 0.322 e. The van der Waals surface area contributed by atoms with Crippen LogP contribution in [0.3, 0.4) is 0 Å². The molecule has 0 saturated carbocycles. The van der Waals surface area contributed by atoms with Gasteiger partial charge in [0.25, 0.3) is 5.91 Å². The van der Waals surface area contributed by atoms with E-state index in [1.807, 2.05) is 31.2 Å². The van der Waals surface area contributed by atoms with Crippen molar-refractivity contribution in [1.29, 1.82) is 0 Å². The Labute approximate surface area is 107 Å². The number of nitrogens with one attached hydrogen (secondary N) is 2. The van der Waals surface area contributed by atoms with E-state index in [2.05, 4.69) is 24.5 Å². The zero-order chi connectivity index (χ0) is 13.3. The highest BCUT2D eigenvalue weighted by Crippen LogP contribution is 2.29. The summed E-state index contributed by atoms with van der Waals surface area (Å²) in [7, 11) is 0. The maximum atomic E-state index is 12.0. The van der Waals surface area contributed by atoms with Gasteiger partial charge in [-0.1, -0.05) is 45.0 Å². The molecule has 0 spiro atoms. The van der Waals surface area contributed by atoms with Crippen LogP contribution in [0.15, 0.2) is 24.3 Å². The molecule has 1 fully saturated rings. The quantitative estimate of drug-likeness (QED) is 0.804. The summed E-state index contributed by atoms with van der Waals surface area (Å²) in [6.07, 6.45) is 0.533. The van der Waals surface area contributed by atoms with Gasteiger partial charge in [0.2, 0.25) is 0 Å². The van der Waals surface area contributed by atoms with Crippen LogP contribution in [0.4, 0.5) is 4.79 Å². The Kier molecular flexibility index (Phi) is 3.11. The summed E-state index contributed by atoms with van der Waals surface area (Å²) in [5.41, 5.74) is 1.14. The van der Waals surface area contributed by atoms with Crippen LogP contribution in [0.5, 0.6) is 0 Å². The average Bonchev–Trinajstić information content (AvgIpc) is 2.65. The molecule has 1 aliphatic heterocycles. The summed E-state index contributed by atoms with van der Waals surface area (Å²) in [6, 6.07) is 7.44. The molecular weight excluding hydrogens is 228 g/mol. The van der Waals surface area contributed by atoms with Gasteiger partial charge in [0.05, 0.1) is 0 Å². The van der Waals surface area contributed by atoms with Gasteiger partial charge in [0, 0.05) is 0 Å². The van der Waals surface area contributed by atoms with E-state index in [4.69, 9.17) is 0 Å². The summed E-state index contributed by atoms with van der Waals surface area (Å²) < 4.78 is 0. The minimum Gasteiger partial charge on any atom is -0.319 e. The van der Waals surface area contributed by atoms with Crippen molar-refractivity contribution in [1.82, 2.24) is 10.6 Å². The number of carbonyl (C=O) groups excluding carboxylic acids is 2. The van der Waals surface area contributed by atoms with Crippen molar-refractivity contribution in [3.05, 3.63) is 35.4 Å². The molecule has 1 atom stereocenters. The van der Waals surface area contributed by atoms with Gasteiger partial charge in [-0.25, -0.2) is 4.79 Å². The number of benzene rings is 1. The van der Waals surface area contributed by atoms with Gasteiger partial charge in [-0.05, 0) is 23.5 Å². The van der Waals surface area contributed by atoms with E-state index < -0.39 is 11.6 Å². The van der Waals surface area contributed by atoms with Gasteiger partial charge in [0.1, 0.15) is 5.54 Å². The number of amides is 3. The van der Waals surface area contributed by atoms with Crippen LogP contribution in [-0.4, -0.2) is 11.9 Å². The molecule has 0 aliphatic carbocycles. The molecule has 1 heterocycles. The smallest absolute Gasteiger partial charge is 0.319 e. The molecule has 18 heavy (non-hydrogen) atoms. The second kappa shape index (κ2) is 4.44. The monoisotopic (exact) mass is 246 g/mol. The van der Waals surface area contributed by atoms with Crippen LogP contribution >= 0.6 is 0 Å². The molecule has 96 valence electrons. The van der Waals surface area contributed by atoms with Crippen molar-refractivity contribution >= 4 is 11.9 Å². The van der Waals surface area contributed by atoms with Gasteiger partial charge < -0.3 is 5.32 Å². The highest BCUT2D eigenvalue weighted by molar-refractivity contribution is 6.07. The zero-order valence-corrected chi connectivity index (χ0v) is 10.9. The standard InChI is InChI=1S/C14H18N2O2/c1-4-14(12(17)15-13(18)16-14)11-7-5-10(6-8-11)9(2)3/h5-9H,4H2,1-3H3,(H2,15,16,17,18). The third kappa shape index (κ3) is 1.88. The minimum atomic E-state index is -0.910. The molecule has 0 bridgehead atoms. The van der Waals surface area contributed by atoms with Crippen molar-refractivity contribution in [3.8, 4) is 0 Å². The van der Waals surface area contributed by atoms with Gasteiger partial charge in [-0.15, -0.1) is 0 Å². The first-order chi connectivity index (χ1) is 8.49. The summed E-state index contributed by atoms with van der Waals surface area (Å²) in [5.74, 6) is 0.177. The van der Waals surface area contributed by atoms with E-state index in [0.29, 0.717) is 12.3 Å².